The average Bonchev–Trinajstić information content (AvgIpc) is 3.48. The number of ketones is 1. The van der Waals surface area contributed by atoms with Gasteiger partial charge < -0.3 is 25.3 Å². The fraction of sp³-hybridized carbons (Fsp3) is 0.300. The van der Waals surface area contributed by atoms with Gasteiger partial charge >= 0.3 is 0 Å². The number of methoxy groups -OCH3 is 3. The van der Waals surface area contributed by atoms with Crippen LogP contribution >= 0.6 is 23.1 Å². The Morgan fingerprint density at radius 2 is 1.86 bits per heavy atom. The van der Waals surface area contributed by atoms with E-state index in [0.29, 0.717) is 62.8 Å². The third-order valence-corrected chi connectivity index (χ3v) is 9.33. The Morgan fingerprint density at radius 3 is 2.56 bits per heavy atom. The van der Waals surface area contributed by atoms with E-state index in [0.717, 1.165) is 11.3 Å². The first-order chi connectivity index (χ1) is 20.8. The molecule has 3 N–H and O–H groups in total. The molecule has 1 aliphatic heterocycles. The first-order valence-electron chi connectivity index (χ1n) is 13.4. The van der Waals surface area contributed by atoms with Gasteiger partial charge in [-0.3, -0.25) is 14.5 Å². The van der Waals surface area contributed by atoms with Crippen LogP contribution in [0, 0.1) is 18.3 Å². The van der Waals surface area contributed by atoms with Crippen LogP contribution in [0.2, 0.25) is 0 Å². The van der Waals surface area contributed by atoms with Gasteiger partial charge in [0.15, 0.2) is 21.6 Å². The van der Waals surface area contributed by atoms with E-state index in [2.05, 4.69) is 21.6 Å². The Balaban J connectivity index is 1.49. The van der Waals surface area contributed by atoms with Crippen molar-refractivity contribution in [3.63, 3.8) is 0 Å². The number of nitrogens with one attached hydrogen (secondary N) is 1. The summed E-state index contributed by atoms with van der Waals surface area (Å²) in [6.07, 6.45) is 1.51. The molecule has 222 valence electrons. The van der Waals surface area contributed by atoms with Crippen molar-refractivity contribution < 1.29 is 23.8 Å². The van der Waals surface area contributed by atoms with E-state index in [1.165, 1.54) is 44.4 Å². The number of para-hydroxylation sites is 1. The summed E-state index contributed by atoms with van der Waals surface area (Å²) in [5.74, 6) is 0.570. The molecule has 1 amide bonds. The van der Waals surface area contributed by atoms with Crippen molar-refractivity contribution in [2.45, 2.75) is 36.4 Å². The zero-order valence-corrected chi connectivity index (χ0v) is 25.7. The number of nitrogens with two attached hydrogens (primary N) is 1. The van der Waals surface area contributed by atoms with Crippen LogP contribution in [-0.4, -0.2) is 49.0 Å². The number of anilines is 2. The number of allylic oxidation sites excluding steroid dienone is 3. The highest BCUT2D eigenvalue weighted by atomic mass is 32.2. The molecule has 0 saturated heterocycles. The first-order valence-corrected chi connectivity index (χ1v) is 15.2. The highest BCUT2D eigenvalue weighted by Crippen LogP contribution is 2.50. The lowest BCUT2D eigenvalue weighted by atomic mass is 9.75. The van der Waals surface area contributed by atoms with E-state index in [9.17, 15) is 14.9 Å². The topological polar surface area (TPSA) is 153 Å². The van der Waals surface area contributed by atoms with Crippen LogP contribution in [0.4, 0.5) is 10.8 Å². The van der Waals surface area contributed by atoms with E-state index >= 15 is 0 Å². The zero-order chi connectivity index (χ0) is 30.7. The second kappa shape index (κ2) is 12.8. The van der Waals surface area contributed by atoms with Crippen molar-refractivity contribution in [2.24, 2.45) is 5.73 Å². The number of carbonyl (C=O) groups is 2. The fourth-order valence-corrected chi connectivity index (χ4v) is 6.95. The van der Waals surface area contributed by atoms with Crippen molar-refractivity contribution in [3.05, 3.63) is 70.2 Å². The molecule has 0 spiro atoms. The van der Waals surface area contributed by atoms with E-state index in [1.807, 2.05) is 31.2 Å². The molecule has 13 heteroatoms. The van der Waals surface area contributed by atoms with Gasteiger partial charge in [-0.05, 0) is 37.5 Å². The molecular weight excluding hydrogens is 589 g/mol. The smallest absolute Gasteiger partial charge is 0.234 e. The quantitative estimate of drug-likeness (QED) is 0.315. The third-order valence-electron chi connectivity index (χ3n) is 7.29. The van der Waals surface area contributed by atoms with Crippen LogP contribution < -0.4 is 30.2 Å². The number of rotatable bonds is 9. The fourth-order valence-electron chi connectivity index (χ4n) is 5.27. The monoisotopic (exact) mass is 618 g/mol. The lowest BCUT2D eigenvalue weighted by molar-refractivity contribution is -0.116. The number of nitrogens with zero attached hydrogens (tertiary/aromatic N) is 4. The minimum absolute atomic E-state index is 0.0830. The summed E-state index contributed by atoms with van der Waals surface area (Å²) in [5.41, 5.74) is 10.3. The summed E-state index contributed by atoms with van der Waals surface area (Å²) >= 11 is 2.48. The zero-order valence-electron chi connectivity index (χ0n) is 24.1. The normalized spacial score (nSPS) is 16.5. The molecular formula is C30H30N6O5S2. The predicted octanol–water partition coefficient (Wildman–Crippen LogP) is 4.91. The average molecular weight is 619 g/mol. The van der Waals surface area contributed by atoms with Crippen molar-refractivity contribution in [2.75, 3.05) is 37.3 Å². The molecule has 1 atom stereocenters. The molecule has 0 saturated carbocycles. The summed E-state index contributed by atoms with van der Waals surface area (Å²) in [6.45, 7) is 1.93. The SMILES string of the molecule is COc1cc(OC)c(C2C(C#N)=C(N)N(c3nnc(SCC(=O)Nc4ccccc4C)s3)C3=C2C(=O)CCC3)cc1OC. The number of Topliss-reactive ketones (excluding diaryl/α,β-unsaturated/α-hetero) is 1. The second-order valence-corrected chi connectivity index (χ2v) is 11.9. The van der Waals surface area contributed by atoms with Gasteiger partial charge in [0.05, 0.1) is 44.6 Å². The van der Waals surface area contributed by atoms with Crippen LogP contribution in [0.1, 0.15) is 36.3 Å². The number of thioether (sulfide) groups is 1. The first kappa shape index (κ1) is 29.9. The number of aryl methyl sites for hydroxylation is 1. The Morgan fingerprint density at radius 1 is 1.14 bits per heavy atom. The third kappa shape index (κ3) is 5.76. The number of hydrogen-bond donors (Lipinski definition) is 2. The number of nitriles is 1. The molecule has 5 rings (SSSR count). The number of hydrogen-bond acceptors (Lipinski definition) is 12. The Bertz CT molecular complexity index is 1690. The van der Waals surface area contributed by atoms with Gasteiger partial charge in [0.1, 0.15) is 11.6 Å². The standard InChI is InChI=1S/C30H30N6O5S2/c1-16-8-5-6-9-19(16)33-25(38)15-42-30-35-34-29(43-30)36-20-10-7-11-21(37)27(20)26(18(14-31)28(36)32)17-12-23(40-3)24(41-4)13-22(17)39-2/h5-6,8-9,12-13,26H,7,10-11,15,32H2,1-4H3,(H,33,38). The number of amides is 1. The van der Waals surface area contributed by atoms with Crippen molar-refractivity contribution >= 4 is 45.6 Å². The number of carbonyl (C=O) groups excluding carboxylic acids is 2. The van der Waals surface area contributed by atoms with Gasteiger partial charge in [0, 0.05) is 35.0 Å². The van der Waals surface area contributed by atoms with E-state index in [1.54, 1.807) is 17.0 Å². The van der Waals surface area contributed by atoms with E-state index in [-0.39, 0.29) is 28.8 Å². The van der Waals surface area contributed by atoms with E-state index < -0.39 is 5.92 Å². The highest BCUT2D eigenvalue weighted by molar-refractivity contribution is 8.01. The molecule has 0 fully saturated rings. The Hall–Kier alpha value is -4.54. The van der Waals surface area contributed by atoms with Crippen LogP contribution in [0.5, 0.6) is 17.2 Å². The molecule has 2 aromatic carbocycles. The Kier molecular flexibility index (Phi) is 8.89. The summed E-state index contributed by atoms with van der Waals surface area (Å²) in [6, 6.07) is 13.2. The Labute approximate surface area is 257 Å². The van der Waals surface area contributed by atoms with Gasteiger partial charge in [-0.2, -0.15) is 5.26 Å². The van der Waals surface area contributed by atoms with Crippen LogP contribution in [0.25, 0.3) is 0 Å². The number of aromatic nitrogens is 2. The lowest BCUT2D eigenvalue weighted by Crippen LogP contribution is -2.38. The number of benzene rings is 2. The molecule has 1 aromatic heterocycles. The van der Waals surface area contributed by atoms with Gasteiger partial charge in [-0.25, -0.2) is 0 Å². The highest BCUT2D eigenvalue weighted by Gasteiger charge is 2.42. The molecule has 3 aromatic rings. The summed E-state index contributed by atoms with van der Waals surface area (Å²) in [4.78, 5) is 27.8. The second-order valence-electron chi connectivity index (χ2n) is 9.77. The van der Waals surface area contributed by atoms with Crippen LogP contribution in [-0.2, 0) is 9.59 Å². The van der Waals surface area contributed by atoms with Gasteiger partial charge in [0.2, 0.25) is 11.0 Å². The molecule has 2 heterocycles. The van der Waals surface area contributed by atoms with Gasteiger partial charge in [-0.15, -0.1) is 10.2 Å². The molecule has 0 radical (unpaired) electrons. The van der Waals surface area contributed by atoms with E-state index in [4.69, 9.17) is 19.9 Å². The molecule has 0 bridgehead atoms. The predicted molar refractivity (Wildman–Crippen MR) is 164 cm³/mol. The minimum atomic E-state index is -0.772. The van der Waals surface area contributed by atoms with Crippen LogP contribution in [0.15, 0.2) is 63.4 Å². The lowest BCUT2D eigenvalue weighted by Gasteiger charge is -2.38. The van der Waals surface area contributed by atoms with Gasteiger partial charge in [-0.1, -0.05) is 41.3 Å². The largest absolute Gasteiger partial charge is 0.496 e. The summed E-state index contributed by atoms with van der Waals surface area (Å²) in [7, 11) is 4.54. The molecule has 1 aliphatic carbocycles. The molecule has 1 unspecified atom stereocenters. The van der Waals surface area contributed by atoms with Crippen molar-refractivity contribution in [1.29, 1.82) is 5.26 Å². The molecule has 43 heavy (non-hydrogen) atoms. The number of ether oxygens (including phenoxy) is 3. The van der Waals surface area contributed by atoms with Crippen LogP contribution in [0.3, 0.4) is 0 Å². The van der Waals surface area contributed by atoms with Gasteiger partial charge in [0.25, 0.3) is 0 Å². The molecule has 11 nitrogen and oxygen atoms in total. The summed E-state index contributed by atoms with van der Waals surface area (Å²) in [5, 5.41) is 22.3. The minimum Gasteiger partial charge on any atom is -0.496 e. The maximum atomic E-state index is 13.6. The van der Waals surface area contributed by atoms with Crippen molar-refractivity contribution in [3.8, 4) is 23.3 Å². The maximum absolute atomic E-state index is 13.6. The summed E-state index contributed by atoms with van der Waals surface area (Å²) < 4.78 is 17.2. The molecule has 2 aliphatic rings. The maximum Gasteiger partial charge on any atom is 0.234 e. The van der Waals surface area contributed by atoms with Crippen molar-refractivity contribution in [1.82, 2.24) is 10.2 Å².